The van der Waals surface area contributed by atoms with Gasteiger partial charge in [-0.1, -0.05) is 44.2 Å². The molecule has 1 aromatic rings. The number of hydrogen-bond donors (Lipinski definition) is 2. The Kier molecular flexibility index (Phi) is 8.01. The van der Waals surface area contributed by atoms with Gasteiger partial charge in [-0.3, -0.25) is 24.5 Å². The van der Waals surface area contributed by atoms with Crippen molar-refractivity contribution in [2.24, 2.45) is 11.8 Å². The monoisotopic (exact) mass is 346 g/mol. The fraction of sp³-hybridized carbons (Fsp3) is 0.421. The smallest absolute Gasteiger partial charge is 0.266 e. The minimum absolute atomic E-state index is 0.119. The Labute approximate surface area is 148 Å². The molecule has 2 N–H and O–H groups in total. The number of benzene rings is 1. The quantitative estimate of drug-likeness (QED) is 0.358. The third kappa shape index (κ3) is 5.00. The fourth-order valence-electron chi connectivity index (χ4n) is 3.00. The van der Waals surface area contributed by atoms with E-state index >= 15 is 0 Å². The second-order valence-corrected chi connectivity index (χ2v) is 6.19. The Bertz CT molecular complexity index is 601. The summed E-state index contributed by atoms with van der Waals surface area (Å²) in [5.74, 6) is -2.09. The highest BCUT2D eigenvalue weighted by molar-refractivity contribution is 6.06. The first-order valence-electron chi connectivity index (χ1n) is 8.29. The highest BCUT2D eigenvalue weighted by Crippen LogP contribution is 2.28. The maximum absolute atomic E-state index is 12.5. The van der Waals surface area contributed by atoms with Crippen molar-refractivity contribution < 1.29 is 19.6 Å². The van der Waals surface area contributed by atoms with Crippen LogP contribution in [-0.2, 0) is 20.8 Å². The van der Waals surface area contributed by atoms with E-state index in [1.807, 2.05) is 30.3 Å². The average Bonchev–Trinajstić information content (AvgIpc) is 2.90. The van der Waals surface area contributed by atoms with Crippen LogP contribution in [0.15, 0.2) is 43.5 Å². The molecule has 1 saturated heterocycles. The summed E-state index contributed by atoms with van der Waals surface area (Å²) in [6.07, 6.45) is 1.39. The van der Waals surface area contributed by atoms with E-state index in [9.17, 15) is 14.4 Å². The molecular weight excluding hydrogens is 320 g/mol. The summed E-state index contributed by atoms with van der Waals surface area (Å²) in [5.41, 5.74) is 2.66. The SMILES string of the molecule is C=C.CC(C)[C@H](C(=O)NO)N1C(=O)C[C@@H](CCc2ccccc2)C1=O. The van der Waals surface area contributed by atoms with Crippen molar-refractivity contribution in [1.82, 2.24) is 10.4 Å². The van der Waals surface area contributed by atoms with E-state index < -0.39 is 17.9 Å². The number of amides is 3. The predicted molar refractivity (Wildman–Crippen MR) is 94.5 cm³/mol. The van der Waals surface area contributed by atoms with Crippen LogP contribution in [0.5, 0.6) is 0 Å². The van der Waals surface area contributed by atoms with E-state index in [0.29, 0.717) is 12.8 Å². The van der Waals surface area contributed by atoms with Crippen molar-refractivity contribution in [1.29, 1.82) is 0 Å². The van der Waals surface area contributed by atoms with Crippen molar-refractivity contribution in [3.05, 3.63) is 49.1 Å². The molecule has 1 fully saturated rings. The lowest BCUT2D eigenvalue weighted by atomic mass is 9.97. The highest BCUT2D eigenvalue weighted by atomic mass is 16.5. The maximum Gasteiger partial charge on any atom is 0.266 e. The van der Waals surface area contributed by atoms with E-state index in [1.54, 1.807) is 19.3 Å². The number of likely N-dealkylation sites (tertiary alicyclic amines) is 1. The molecule has 1 heterocycles. The van der Waals surface area contributed by atoms with Gasteiger partial charge in [0.25, 0.3) is 5.91 Å². The van der Waals surface area contributed by atoms with Crippen molar-refractivity contribution in [2.75, 3.05) is 0 Å². The summed E-state index contributed by atoms with van der Waals surface area (Å²) >= 11 is 0. The lowest BCUT2D eigenvalue weighted by Gasteiger charge is -2.27. The maximum atomic E-state index is 12.5. The Morgan fingerprint density at radius 2 is 1.88 bits per heavy atom. The molecule has 0 saturated carbocycles. The second-order valence-electron chi connectivity index (χ2n) is 6.19. The number of hydroxylamine groups is 1. The van der Waals surface area contributed by atoms with Crippen LogP contribution in [0.3, 0.4) is 0 Å². The Morgan fingerprint density at radius 1 is 1.28 bits per heavy atom. The summed E-state index contributed by atoms with van der Waals surface area (Å²) in [7, 11) is 0. The van der Waals surface area contributed by atoms with Gasteiger partial charge >= 0.3 is 0 Å². The van der Waals surface area contributed by atoms with Crippen LogP contribution < -0.4 is 5.48 Å². The first-order valence-corrected chi connectivity index (χ1v) is 8.29. The number of hydrogen-bond acceptors (Lipinski definition) is 4. The molecule has 6 nitrogen and oxygen atoms in total. The van der Waals surface area contributed by atoms with Gasteiger partial charge in [0.2, 0.25) is 11.8 Å². The Morgan fingerprint density at radius 3 is 2.40 bits per heavy atom. The molecule has 2 rings (SSSR count). The molecule has 0 radical (unpaired) electrons. The molecule has 6 heteroatoms. The zero-order chi connectivity index (χ0) is 19.0. The first-order chi connectivity index (χ1) is 12.0. The van der Waals surface area contributed by atoms with Gasteiger partial charge in [0.1, 0.15) is 6.04 Å². The fourth-order valence-corrected chi connectivity index (χ4v) is 3.00. The summed E-state index contributed by atoms with van der Waals surface area (Å²) in [6, 6.07) is 8.79. The number of nitrogens with zero attached hydrogens (tertiary/aromatic N) is 1. The lowest BCUT2D eigenvalue weighted by Crippen LogP contribution is -2.51. The number of imide groups is 1. The minimum atomic E-state index is -0.971. The van der Waals surface area contributed by atoms with E-state index in [4.69, 9.17) is 5.21 Å². The van der Waals surface area contributed by atoms with Crippen LogP contribution in [0, 0.1) is 11.8 Å². The third-order valence-corrected chi connectivity index (χ3v) is 4.19. The van der Waals surface area contributed by atoms with E-state index in [0.717, 1.165) is 10.5 Å². The van der Waals surface area contributed by atoms with Crippen LogP contribution in [0.2, 0.25) is 0 Å². The summed E-state index contributed by atoms with van der Waals surface area (Å²) in [5, 5.41) is 8.86. The number of carbonyl (C=O) groups excluding carboxylic acids is 3. The Balaban J connectivity index is 0.00000151. The van der Waals surface area contributed by atoms with Crippen molar-refractivity contribution in [2.45, 2.75) is 39.2 Å². The van der Waals surface area contributed by atoms with Gasteiger partial charge in [-0.05, 0) is 24.3 Å². The van der Waals surface area contributed by atoms with Gasteiger partial charge in [-0.15, -0.1) is 13.2 Å². The second kappa shape index (κ2) is 9.74. The van der Waals surface area contributed by atoms with E-state index in [2.05, 4.69) is 13.2 Å². The standard InChI is InChI=1S/C17H22N2O4.C2H4/c1-11(2)15(16(21)18-23)19-14(20)10-13(17(19)22)9-8-12-6-4-3-5-7-12;1-2/h3-7,11,13,15,23H,8-10H2,1-2H3,(H,18,21);1-2H2/t13-,15-;/m1./s1. The summed E-state index contributed by atoms with van der Waals surface area (Å²) in [4.78, 5) is 37.6. The molecule has 25 heavy (non-hydrogen) atoms. The first kappa shape index (κ1) is 20.6. The molecule has 136 valence electrons. The van der Waals surface area contributed by atoms with Crippen molar-refractivity contribution >= 4 is 17.7 Å². The van der Waals surface area contributed by atoms with Gasteiger partial charge in [0.15, 0.2) is 0 Å². The van der Waals surface area contributed by atoms with E-state index in [1.165, 1.54) is 0 Å². The average molecular weight is 346 g/mol. The molecule has 3 amide bonds. The molecule has 2 atom stereocenters. The van der Waals surface area contributed by atoms with Crippen LogP contribution in [-0.4, -0.2) is 33.9 Å². The topological polar surface area (TPSA) is 86.7 Å². The number of carbonyl (C=O) groups is 3. The zero-order valence-corrected chi connectivity index (χ0v) is 14.8. The molecule has 0 spiro atoms. The van der Waals surface area contributed by atoms with Gasteiger partial charge in [0, 0.05) is 12.3 Å². The molecule has 0 aromatic heterocycles. The van der Waals surface area contributed by atoms with Crippen LogP contribution in [0.25, 0.3) is 0 Å². The highest BCUT2D eigenvalue weighted by Gasteiger charge is 2.45. The molecule has 1 aliphatic heterocycles. The molecule has 0 aliphatic carbocycles. The Hall–Kier alpha value is -2.47. The number of aryl methyl sites for hydroxylation is 1. The minimum Gasteiger partial charge on any atom is -0.289 e. The summed E-state index contributed by atoms with van der Waals surface area (Å²) in [6.45, 7) is 9.47. The summed E-state index contributed by atoms with van der Waals surface area (Å²) < 4.78 is 0. The predicted octanol–water partition coefficient (Wildman–Crippen LogP) is 2.33. The zero-order valence-electron chi connectivity index (χ0n) is 14.8. The largest absolute Gasteiger partial charge is 0.289 e. The van der Waals surface area contributed by atoms with Gasteiger partial charge in [-0.2, -0.15) is 0 Å². The van der Waals surface area contributed by atoms with Crippen LogP contribution in [0.4, 0.5) is 0 Å². The normalized spacial score (nSPS) is 17.9. The van der Waals surface area contributed by atoms with Gasteiger partial charge < -0.3 is 0 Å². The molecule has 1 aliphatic rings. The molecule has 1 aromatic carbocycles. The van der Waals surface area contributed by atoms with E-state index in [-0.39, 0.29) is 24.2 Å². The lowest BCUT2D eigenvalue weighted by molar-refractivity contribution is -0.152. The molecule has 0 unspecified atom stereocenters. The van der Waals surface area contributed by atoms with Gasteiger partial charge in [-0.25, -0.2) is 5.48 Å². The van der Waals surface area contributed by atoms with Crippen molar-refractivity contribution in [3.8, 4) is 0 Å². The van der Waals surface area contributed by atoms with Crippen LogP contribution in [0.1, 0.15) is 32.3 Å². The van der Waals surface area contributed by atoms with Crippen molar-refractivity contribution in [3.63, 3.8) is 0 Å². The third-order valence-electron chi connectivity index (χ3n) is 4.19. The number of nitrogens with one attached hydrogen (secondary N) is 1. The van der Waals surface area contributed by atoms with Crippen LogP contribution >= 0.6 is 0 Å². The van der Waals surface area contributed by atoms with Gasteiger partial charge in [0.05, 0.1) is 0 Å². The number of rotatable bonds is 6. The molecular formula is C19H26N2O4. The molecule has 0 bridgehead atoms.